The fourth-order valence-electron chi connectivity index (χ4n) is 1.71. The van der Waals surface area contributed by atoms with Gasteiger partial charge in [0.2, 0.25) is 0 Å². The number of rotatable bonds is 4. The van der Waals surface area contributed by atoms with Crippen molar-refractivity contribution < 1.29 is 5.11 Å². The highest BCUT2D eigenvalue weighted by atomic mass is 16.3. The number of hydrogen-bond acceptors (Lipinski definition) is 4. The molecule has 1 fully saturated rings. The average molecular weight is 207 g/mol. The van der Waals surface area contributed by atoms with E-state index in [2.05, 4.69) is 4.99 Å². The molecule has 1 saturated carbocycles. The van der Waals surface area contributed by atoms with E-state index in [4.69, 9.17) is 5.26 Å². The summed E-state index contributed by atoms with van der Waals surface area (Å²) >= 11 is 0. The van der Waals surface area contributed by atoms with E-state index in [1.807, 2.05) is 25.1 Å². The number of nitriles is 1. The Morgan fingerprint density at radius 3 is 2.67 bits per heavy atom. The first kappa shape index (κ1) is 11.7. The summed E-state index contributed by atoms with van der Waals surface area (Å²) in [6.07, 6.45) is 6.06. The molecular weight excluding hydrogens is 190 g/mol. The molecule has 82 valence electrons. The zero-order chi connectivity index (χ0) is 11.3. The van der Waals surface area contributed by atoms with Gasteiger partial charge in [-0.25, -0.2) is 0 Å². The van der Waals surface area contributed by atoms with Crippen molar-refractivity contribution in [2.45, 2.75) is 24.9 Å². The third-order valence-electron chi connectivity index (χ3n) is 2.64. The highest BCUT2D eigenvalue weighted by Gasteiger charge is 2.39. The van der Waals surface area contributed by atoms with Gasteiger partial charge in [0.05, 0.1) is 6.07 Å². The SMILES string of the molecule is CN(C)/C(=C\C=N/CC#N)C1(O)CCC1. The molecule has 15 heavy (non-hydrogen) atoms. The topological polar surface area (TPSA) is 59.6 Å². The van der Waals surface area contributed by atoms with Gasteiger partial charge < -0.3 is 10.0 Å². The lowest BCUT2D eigenvalue weighted by atomic mass is 9.77. The van der Waals surface area contributed by atoms with Crippen LogP contribution >= 0.6 is 0 Å². The largest absolute Gasteiger partial charge is 0.384 e. The molecule has 1 aliphatic carbocycles. The van der Waals surface area contributed by atoms with E-state index < -0.39 is 5.60 Å². The molecule has 1 N–H and O–H groups in total. The predicted octanol–water partition coefficient (Wildman–Crippen LogP) is 0.941. The summed E-state index contributed by atoms with van der Waals surface area (Å²) < 4.78 is 0. The Morgan fingerprint density at radius 1 is 1.60 bits per heavy atom. The molecule has 0 bridgehead atoms. The van der Waals surface area contributed by atoms with Crippen LogP contribution in [0.25, 0.3) is 0 Å². The molecule has 0 spiro atoms. The van der Waals surface area contributed by atoms with Crippen molar-refractivity contribution in [1.29, 1.82) is 5.26 Å². The summed E-state index contributed by atoms with van der Waals surface area (Å²) in [7, 11) is 3.81. The van der Waals surface area contributed by atoms with Crippen LogP contribution in [-0.4, -0.2) is 42.5 Å². The highest BCUT2D eigenvalue weighted by Crippen LogP contribution is 2.38. The van der Waals surface area contributed by atoms with Crippen molar-refractivity contribution in [3.05, 3.63) is 11.8 Å². The highest BCUT2D eigenvalue weighted by molar-refractivity contribution is 5.72. The minimum absolute atomic E-state index is 0.162. The number of hydrogen-bond donors (Lipinski definition) is 1. The second-order valence-electron chi connectivity index (χ2n) is 3.98. The van der Waals surface area contributed by atoms with Crippen LogP contribution in [0.5, 0.6) is 0 Å². The van der Waals surface area contributed by atoms with Crippen molar-refractivity contribution in [1.82, 2.24) is 4.90 Å². The molecule has 1 aliphatic rings. The van der Waals surface area contributed by atoms with E-state index in [-0.39, 0.29) is 6.54 Å². The fraction of sp³-hybridized carbons (Fsp3) is 0.636. The standard InChI is InChI=1S/C11H17N3O/c1-14(2)10(4-8-13-9-7-12)11(15)5-3-6-11/h4,8,15H,3,5-6,9H2,1-2H3/b10-4-,13-8-. The van der Waals surface area contributed by atoms with Crippen molar-refractivity contribution in [2.24, 2.45) is 4.99 Å². The van der Waals surface area contributed by atoms with Gasteiger partial charge >= 0.3 is 0 Å². The van der Waals surface area contributed by atoms with Gasteiger partial charge in [0.1, 0.15) is 12.1 Å². The Hall–Kier alpha value is -1.34. The first-order chi connectivity index (χ1) is 7.10. The monoisotopic (exact) mass is 207 g/mol. The predicted molar refractivity (Wildman–Crippen MR) is 59.5 cm³/mol. The number of likely N-dealkylation sites (N-methyl/N-ethyl adjacent to an activating group) is 1. The van der Waals surface area contributed by atoms with Crippen LogP contribution in [0.1, 0.15) is 19.3 Å². The van der Waals surface area contributed by atoms with Crippen LogP contribution < -0.4 is 0 Å². The van der Waals surface area contributed by atoms with E-state index in [1.165, 1.54) is 0 Å². The maximum Gasteiger partial charge on any atom is 0.126 e. The maximum absolute atomic E-state index is 10.2. The Balaban J connectivity index is 2.70. The van der Waals surface area contributed by atoms with E-state index in [0.717, 1.165) is 25.0 Å². The summed E-state index contributed by atoms with van der Waals surface area (Å²) in [6.45, 7) is 0.162. The van der Waals surface area contributed by atoms with Gasteiger partial charge in [-0.2, -0.15) is 5.26 Å². The molecule has 4 nitrogen and oxygen atoms in total. The van der Waals surface area contributed by atoms with Crippen LogP contribution in [-0.2, 0) is 0 Å². The van der Waals surface area contributed by atoms with Crippen LogP contribution in [0.2, 0.25) is 0 Å². The Labute approximate surface area is 90.5 Å². The molecule has 4 heteroatoms. The quantitative estimate of drug-likeness (QED) is 0.551. The van der Waals surface area contributed by atoms with E-state index in [1.54, 1.807) is 12.3 Å². The molecule has 0 unspecified atom stereocenters. The molecule has 0 radical (unpaired) electrons. The minimum Gasteiger partial charge on any atom is -0.384 e. The summed E-state index contributed by atoms with van der Waals surface area (Å²) in [4.78, 5) is 5.78. The lowest BCUT2D eigenvalue weighted by Crippen LogP contribution is -2.43. The Kier molecular flexibility index (Phi) is 3.87. The first-order valence-electron chi connectivity index (χ1n) is 5.07. The van der Waals surface area contributed by atoms with Gasteiger partial charge in [0.25, 0.3) is 0 Å². The lowest BCUT2D eigenvalue weighted by molar-refractivity contribution is -0.0158. The normalized spacial score (nSPS) is 19.7. The molecular formula is C11H17N3O. The molecule has 0 aromatic carbocycles. The molecule has 0 atom stereocenters. The van der Waals surface area contributed by atoms with Crippen molar-refractivity contribution in [2.75, 3.05) is 20.6 Å². The van der Waals surface area contributed by atoms with E-state index in [0.29, 0.717) is 0 Å². The minimum atomic E-state index is -0.678. The molecule has 1 rings (SSSR count). The third kappa shape index (κ3) is 2.80. The number of allylic oxidation sites excluding steroid dienone is 1. The second kappa shape index (κ2) is 4.94. The molecule has 0 saturated heterocycles. The Morgan fingerprint density at radius 2 is 2.27 bits per heavy atom. The van der Waals surface area contributed by atoms with Crippen LogP contribution in [0.15, 0.2) is 16.8 Å². The van der Waals surface area contributed by atoms with Crippen molar-refractivity contribution in [3.8, 4) is 6.07 Å². The van der Waals surface area contributed by atoms with Crippen LogP contribution in [0, 0.1) is 11.3 Å². The number of aliphatic hydroxyl groups is 1. The van der Waals surface area contributed by atoms with Crippen LogP contribution in [0.3, 0.4) is 0 Å². The smallest absolute Gasteiger partial charge is 0.126 e. The summed E-state index contributed by atoms with van der Waals surface area (Å²) in [5, 5.41) is 18.5. The van der Waals surface area contributed by atoms with Gasteiger partial charge in [-0.05, 0) is 25.3 Å². The molecule has 0 aliphatic heterocycles. The van der Waals surface area contributed by atoms with E-state index >= 15 is 0 Å². The van der Waals surface area contributed by atoms with Crippen molar-refractivity contribution in [3.63, 3.8) is 0 Å². The summed E-state index contributed by atoms with van der Waals surface area (Å²) in [5.74, 6) is 0. The van der Waals surface area contributed by atoms with Gasteiger partial charge in [-0.1, -0.05) is 0 Å². The number of aliphatic imine (C=N–C) groups is 1. The van der Waals surface area contributed by atoms with Gasteiger partial charge in [-0.15, -0.1) is 0 Å². The average Bonchev–Trinajstić information content (AvgIpc) is 2.14. The third-order valence-corrected chi connectivity index (χ3v) is 2.64. The van der Waals surface area contributed by atoms with Crippen molar-refractivity contribution >= 4 is 6.21 Å². The first-order valence-corrected chi connectivity index (χ1v) is 5.07. The second-order valence-corrected chi connectivity index (χ2v) is 3.98. The van der Waals surface area contributed by atoms with Gasteiger partial charge in [-0.3, -0.25) is 4.99 Å². The summed E-state index contributed by atoms with van der Waals surface area (Å²) in [5.41, 5.74) is 0.192. The fourth-order valence-corrected chi connectivity index (χ4v) is 1.71. The summed E-state index contributed by atoms with van der Waals surface area (Å²) in [6, 6.07) is 1.93. The number of nitrogens with zero attached hydrogens (tertiary/aromatic N) is 3. The molecule has 0 amide bonds. The molecule has 0 heterocycles. The zero-order valence-corrected chi connectivity index (χ0v) is 9.27. The molecule has 0 aromatic rings. The maximum atomic E-state index is 10.2. The zero-order valence-electron chi connectivity index (χ0n) is 9.27. The Bertz CT molecular complexity index is 308. The van der Waals surface area contributed by atoms with Gasteiger partial charge in [0.15, 0.2) is 0 Å². The van der Waals surface area contributed by atoms with Gasteiger partial charge in [0, 0.05) is 26.0 Å². The lowest BCUT2D eigenvalue weighted by Gasteiger charge is -2.41. The van der Waals surface area contributed by atoms with E-state index in [9.17, 15) is 5.11 Å². The van der Waals surface area contributed by atoms with Crippen LogP contribution in [0.4, 0.5) is 0 Å². The molecule has 0 aromatic heterocycles.